The van der Waals surface area contributed by atoms with Crippen molar-refractivity contribution in [1.82, 2.24) is 19.7 Å². The molecule has 2 aromatic carbocycles. The van der Waals surface area contributed by atoms with Crippen molar-refractivity contribution in [3.05, 3.63) is 71.9 Å². The summed E-state index contributed by atoms with van der Waals surface area (Å²) in [6, 6.07) is 14.4. The van der Waals surface area contributed by atoms with E-state index in [-0.39, 0.29) is 16.8 Å². The number of benzene rings is 2. The highest BCUT2D eigenvalue weighted by Crippen LogP contribution is 2.40. The second-order valence-electron chi connectivity index (χ2n) is 8.24. The molecule has 5 rings (SSSR count). The molecule has 31 heavy (non-hydrogen) atoms. The lowest BCUT2D eigenvalue weighted by Gasteiger charge is -2.40. The zero-order valence-corrected chi connectivity index (χ0v) is 18.2. The number of rotatable bonds is 4. The molecule has 0 saturated carbocycles. The van der Waals surface area contributed by atoms with Crippen molar-refractivity contribution < 1.29 is 13.2 Å². The third-order valence-corrected chi connectivity index (χ3v) is 7.63. The standard InChI is InChI=1S/C23H24N4O3S/c1-26-14-16(23(28)27(2)25-31(29,30)17-7-4-3-5-8-17)11-19-18-9-6-10-20-22(18)15(13-24-20)12-21(19)26/h3-11,13,16,21,24-25H,12,14H2,1-2H3/t16-,21-/m1/s1. The summed E-state index contributed by atoms with van der Waals surface area (Å²) in [5, 5.41) is 2.30. The third-order valence-electron chi connectivity index (χ3n) is 6.23. The van der Waals surface area contributed by atoms with E-state index < -0.39 is 15.9 Å². The van der Waals surface area contributed by atoms with Crippen molar-refractivity contribution in [3.8, 4) is 0 Å². The SMILES string of the molecule is CN(NS(=O)(=O)c1ccccc1)C(=O)[C@@H]1C=C2c3cccc4[nH]cc(c34)C[C@H]2N(C)C1. The Morgan fingerprint density at radius 2 is 1.94 bits per heavy atom. The van der Waals surface area contributed by atoms with Crippen LogP contribution in [-0.4, -0.2) is 55.9 Å². The topological polar surface area (TPSA) is 85.5 Å². The largest absolute Gasteiger partial charge is 0.361 e. The first kappa shape index (κ1) is 20.0. The van der Waals surface area contributed by atoms with Crippen LogP contribution >= 0.6 is 0 Å². The highest BCUT2D eigenvalue weighted by atomic mass is 32.2. The molecule has 1 aliphatic carbocycles. The summed E-state index contributed by atoms with van der Waals surface area (Å²) in [6.07, 6.45) is 4.98. The van der Waals surface area contributed by atoms with E-state index in [1.54, 1.807) is 18.2 Å². The van der Waals surface area contributed by atoms with E-state index in [0.717, 1.165) is 28.1 Å². The van der Waals surface area contributed by atoms with Gasteiger partial charge in [0.2, 0.25) is 5.91 Å². The van der Waals surface area contributed by atoms with Crippen LogP contribution in [0.25, 0.3) is 16.5 Å². The number of nitrogens with one attached hydrogen (secondary N) is 2. The number of aromatic amines is 1. The van der Waals surface area contributed by atoms with Gasteiger partial charge < -0.3 is 4.98 Å². The van der Waals surface area contributed by atoms with E-state index in [0.29, 0.717) is 6.54 Å². The first-order valence-corrected chi connectivity index (χ1v) is 11.7. The third kappa shape index (κ3) is 3.37. The molecule has 1 aromatic heterocycles. The molecular weight excluding hydrogens is 412 g/mol. The van der Waals surface area contributed by atoms with Crippen molar-refractivity contribution in [2.24, 2.45) is 5.92 Å². The normalized spacial score (nSPS) is 20.9. The second kappa shape index (κ2) is 7.33. The number of carbonyl (C=O) groups is 1. The summed E-state index contributed by atoms with van der Waals surface area (Å²) >= 11 is 0. The lowest BCUT2D eigenvalue weighted by Crippen LogP contribution is -2.50. The molecule has 0 unspecified atom stereocenters. The highest BCUT2D eigenvalue weighted by molar-refractivity contribution is 7.89. The molecule has 0 saturated heterocycles. The van der Waals surface area contributed by atoms with Crippen LogP contribution in [0.1, 0.15) is 11.1 Å². The van der Waals surface area contributed by atoms with Crippen LogP contribution in [0.2, 0.25) is 0 Å². The Morgan fingerprint density at radius 1 is 1.16 bits per heavy atom. The Hall–Kier alpha value is -2.94. The number of hydrogen-bond acceptors (Lipinski definition) is 4. The summed E-state index contributed by atoms with van der Waals surface area (Å²) in [7, 11) is -0.353. The minimum Gasteiger partial charge on any atom is -0.361 e. The van der Waals surface area contributed by atoms with Crippen molar-refractivity contribution >= 4 is 32.4 Å². The van der Waals surface area contributed by atoms with Gasteiger partial charge in [-0.2, -0.15) is 0 Å². The summed E-state index contributed by atoms with van der Waals surface area (Å²) in [5.74, 6) is -0.736. The van der Waals surface area contributed by atoms with Gasteiger partial charge >= 0.3 is 0 Å². The smallest absolute Gasteiger partial charge is 0.257 e. The molecule has 7 nitrogen and oxygen atoms in total. The van der Waals surface area contributed by atoms with Crippen molar-refractivity contribution in [2.75, 3.05) is 20.6 Å². The van der Waals surface area contributed by atoms with E-state index in [9.17, 15) is 13.2 Å². The predicted molar refractivity (Wildman–Crippen MR) is 119 cm³/mol. The molecule has 2 N–H and O–H groups in total. The first-order valence-electron chi connectivity index (χ1n) is 10.2. The molecule has 2 atom stereocenters. The quantitative estimate of drug-likeness (QED) is 0.615. The van der Waals surface area contributed by atoms with Gasteiger partial charge in [0.15, 0.2) is 0 Å². The minimum atomic E-state index is -3.83. The van der Waals surface area contributed by atoms with Gasteiger partial charge in [0.1, 0.15) is 0 Å². The Morgan fingerprint density at radius 3 is 2.71 bits per heavy atom. The number of carbonyl (C=O) groups excluding carboxylic acids is 1. The fourth-order valence-electron chi connectivity index (χ4n) is 4.73. The van der Waals surface area contributed by atoms with Crippen LogP contribution in [0.3, 0.4) is 0 Å². The van der Waals surface area contributed by atoms with Crippen LogP contribution in [0.5, 0.6) is 0 Å². The number of nitrogens with zero attached hydrogens (tertiary/aromatic N) is 2. The number of aromatic nitrogens is 1. The molecule has 8 heteroatoms. The zero-order valence-electron chi connectivity index (χ0n) is 17.4. The van der Waals surface area contributed by atoms with Gasteiger partial charge in [-0.05, 0) is 48.4 Å². The molecule has 0 spiro atoms. The number of fused-ring (bicyclic) bond motifs is 2. The summed E-state index contributed by atoms with van der Waals surface area (Å²) in [6.45, 7) is 0.528. The number of amides is 1. The first-order chi connectivity index (χ1) is 14.8. The fourth-order valence-corrected chi connectivity index (χ4v) is 5.80. The number of hydrazine groups is 1. The fraction of sp³-hybridized carbons (Fsp3) is 0.261. The van der Waals surface area contributed by atoms with E-state index in [1.165, 1.54) is 30.1 Å². The molecule has 2 aliphatic rings. The van der Waals surface area contributed by atoms with E-state index in [2.05, 4.69) is 33.0 Å². The maximum atomic E-state index is 13.2. The maximum absolute atomic E-state index is 13.2. The van der Waals surface area contributed by atoms with Gasteiger partial charge in [-0.25, -0.2) is 8.42 Å². The van der Waals surface area contributed by atoms with Crippen molar-refractivity contribution in [2.45, 2.75) is 17.4 Å². The molecule has 1 aliphatic heterocycles. The average molecular weight is 437 g/mol. The number of sulfonamides is 1. The summed E-state index contributed by atoms with van der Waals surface area (Å²) in [4.78, 5) is 21.2. The Bertz CT molecular complexity index is 1300. The van der Waals surface area contributed by atoms with E-state index in [1.807, 2.05) is 19.2 Å². The van der Waals surface area contributed by atoms with Gasteiger partial charge in [0.25, 0.3) is 10.0 Å². The summed E-state index contributed by atoms with van der Waals surface area (Å²) in [5.41, 5.74) is 4.65. The summed E-state index contributed by atoms with van der Waals surface area (Å²) < 4.78 is 25.2. The number of hydrogen-bond donors (Lipinski definition) is 2. The molecule has 160 valence electrons. The Labute approximate surface area is 181 Å². The van der Waals surface area contributed by atoms with Gasteiger partial charge in [-0.1, -0.05) is 36.4 Å². The van der Waals surface area contributed by atoms with Crippen LogP contribution in [-0.2, 0) is 21.2 Å². The molecule has 3 aromatic rings. The Kier molecular flexibility index (Phi) is 4.73. The van der Waals surface area contributed by atoms with Crippen LogP contribution < -0.4 is 4.83 Å². The van der Waals surface area contributed by atoms with Crippen molar-refractivity contribution in [1.29, 1.82) is 0 Å². The minimum absolute atomic E-state index is 0.118. The van der Waals surface area contributed by atoms with Gasteiger partial charge in [0.05, 0.1) is 10.8 Å². The van der Waals surface area contributed by atoms with Gasteiger partial charge in [-0.15, -0.1) is 4.83 Å². The Balaban J connectivity index is 1.45. The van der Waals surface area contributed by atoms with Gasteiger partial charge in [0, 0.05) is 36.7 Å². The number of likely N-dealkylation sites (N-methyl/N-ethyl adjacent to an activating group) is 1. The molecular formula is C23H24N4O3S. The van der Waals surface area contributed by atoms with Gasteiger partial charge in [-0.3, -0.25) is 14.7 Å². The number of H-pyrrole nitrogens is 1. The molecule has 0 fully saturated rings. The predicted octanol–water partition coefficient (Wildman–Crippen LogP) is 2.39. The van der Waals surface area contributed by atoms with E-state index in [4.69, 9.17) is 0 Å². The molecule has 0 bridgehead atoms. The average Bonchev–Trinajstić information content (AvgIpc) is 3.18. The monoisotopic (exact) mass is 436 g/mol. The van der Waals surface area contributed by atoms with Crippen LogP contribution in [0, 0.1) is 5.92 Å². The zero-order chi connectivity index (χ0) is 21.8. The van der Waals surface area contributed by atoms with E-state index >= 15 is 0 Å². The highest BCUT2D eigenvalue weighted by Gasteiger charge is 2.37. The van der Waals surface area contributed by atoms with Crippen LogP contribution in [0.4, 0.5) is 0 Å². The maximum Gasteiger partial charge on any atom is 0.257 e. The second-order valence-corrected chi connectivity index (χ2v) is 9.90. The lowest BCUT2D eigenvalue weighted by atomic mass is 9.80. The van der Waals surface area contributed by atoms with Crippen molar-refractivity contribution in [3.63, 3.8) is 0 Å². The lowest BCUT2D eigenvalue weighted by molar-refractivity contribution is -0.134. The molecule has 0 radical (unpaired) electrons. The molecule has 2 heterocycles. The van der Waals surface area contributed by atoms with Crippen LogP contribution in [0.15, 0.2) is 65.7 Å². The molecule has 1 amide bonds.